The van der Waals surface area contributed by atoms with Crippen LogP contribution in [0.1, 0.15) is 18.2 Å². The van der Waals surface area contributed by atoms with E-state index in [1.807, 2.05) is 5.38 Å². The van der Waals surface area contributed by atoms with Gasteiger partial charge in [-0.1, -0.05) is 0 Å². The molecule has 1 aromatic rings. The Morgan fingerprint density at radius 2 is 2.67 bits per heavy atom. The van der Waals surface area contributed by atoms with Gasteiger partial charge < -0.3 is 4.74 Å². The third-order valence-electron chi connectivity index (χ3n) is 2.00. The lowest BCUT2D eigenvalue weighted by Gasteiger charge is -2.08. The van der Waals surface area contributed by atoms with Gasteiger partial charge in [0.25, 0.3) is 0 Å². The van der Waals surface area contributed by atoms with E-state index < -0.39 is 0 Å². The second kappa shape index (κ2) is 3.21. The molecule has 1 aliphatic rings. The van der Waals surface area contributed by atoms with Gasteiger partial charge in [0, 0.05) is 12.0 Å². The van der Waals surface area contributed by atoms with Crippen LogP contribution in [0.2, 0.25) is 0 Å². The molecule has 0 spiro atoms. The smallest absolute Gasteiger partial charge is 0.116 e. The van der Waals surface area contributed by atoms with Gasteiger partial charge in [-0.15, -0.1) is 11.3 Å². The highest BCUT2D eigenvalue weighted by molar-refractivity contribution is 7.07. The molecule has 0 bridgehead atoms. The van der Waals surface area contributed by atoms with Gasteiger partial charge in [-0.2, -0.15) is 5.26 Å². The first-order valence-corrected chi connectivity index (χ1v) is 4.75. The monoisotopic (exact) mass is 180 g/mol. The summed E-state index contributed by atoms with van der Waals surface area (Å²) in [4.78, 5) is 4.14. The molecule has 62 valence electrons. The Kier molecular flexibility index (Phi) is 2.07. The molecule has 1 fully saturated rings. The molecule has 4 heteroatoms. The highest BCUT2D eigenvalue weighted by Crippen LogP contribution is 2.33. The van der Waals surface area contributed by atoms with E-state index in [4.69, 9.17) is 10.00 Å². The zero-order valence-electron chi connectivity index (χ0n) is 6.43. The summed E-state index contributed by atoms with van der Waals surface area (Å²) in [6, 6.07) is 2.24. The molecule has 1 aromatic heterocycles. The van der Waals surface area contributed by atoms with E-state index in [-0.39, 0.29) is 12.0 Å². The second-order valence-corrected chi connectivity index (χ2v) is 3.45. The summed E-state index contributed by atoms with van der Waals surface area (Å²) in [5.41, 5.74) is 2.68. The zero-order chi connectivity index (χ0) is 8.39. The first-order valence-electron chi connectivity index (χ1n) is 3.81. The van der Waals surface area contributed by atoms with Gasteiger partial charge in [0.05, 0.1) is 23.2 Å². The number of hydrogen-bond acceptors (Lipinski definition) is 4. The van der Waals surface area contributed by atoms with Crippen LogP contribution >= 0.6 is 11.3 Å². The van der Waals surface area contributed by atoms with Gasteiger partial charge in [0.15, 0.2) is 0 Å². The predicted octanol–water partition coefficient (Wildman–Crippen LogP) is 1.74. The fourth-order valence-corrected chi connectivity index (χ4v) is 1.95. The third-order valence-corrected chi connectivity index (χ3v) is 2.61. The molecule has 3 nitrogen and oxygen atoms in total. The van der Waals surface area contributed by atoms with Crippen molar-refractivity contribution in [3.05, 3.63) is 16.6 Å². The molecule has 2 heterocycles. The van der Waals surface area contributed by atoms with E-state index in [1.165, 1.54) is 11.3 Å². The molecule has 1 aliphatic heterocycles. The quantitative estimate of drug-likeness (QED) is 0.661. The minimum absolute atomic E-state index is 0.00731. The van der Waals surface area contributed by atoms with Crippen LogP contribution in [0.4, 0.5) is 0 Å². The number of rotatable bonds is 1. The summed E-state index contributed by atoms with van der Waals surface area (Å²) in [5.74, 6) is -0.00731. The summed E-state index contributed by atoms with van der Waals surface area (Å²) in [6.07, 6.45) is 0.750. The average Bonchev–Trinajstić information content (AvgIpc) is 2.74. The van der Waals surface area contributed by atoms with Gasteiger partial charge in [-0.25, -0.2) is 4.98 Å². The van der Waals surface area contributed by atoms with E-state index in [1.54, 1.807) is 5.51 Å². The molecule has 0 saturated carbocycles. The van der Waals surface area contributed by atoms with Gasteiger partial charge in [-0.3, -0.25) is 0 Å². The topological polar surface area (TPSA) is 45.9 Å². The van der Waals surface area contributed by atoms with E-state index in [2.05, 4.69) is 11.1 Å². The third kappa shape index (κ3) is 1.22. The number of aromatic nitrogens is 1. The zero-order valence-corrected chi connectivity index (χ0v) is 7.25. The maximum atomic E-state index is 8.78. The number of nitrogens with zero attached hydrogens (tertiary/aromatic N) is 2. The van der Waals surface area contributed by atoms with Crippen LogP contribution in [-0.2, 0) is 4.74 Å². The Balaban J connectivity index is 2.20. The Morgan fingerprint density at radius 3 is 3.33 bits per heavy atom. The van der Waals surface area contributed by atoms with Crippen molar-refractivity contribution in [3.8, 4) is 6.07 Å². The summed E-state index contributed by atoms with van der Waals surface area (Å²) in [7, 11) is 0. The molecule has 0 aliphatic carbocycles. The van der Waals surface area contributed by atoms with Gasteiger partial charge in [-0.05, 0) is 6.42 Å². The Morgan fingerprint density at radius 1 is 1.75 bits per heavy atom. The van der Waals surface area contributed by atoms with Crippen molar-refractivity contribution in [2.24, 2.45) is 5.92 Å². The van der Waals surface area contributed by atoms with Crippen LogP contribution in [-0.4, -0.2) is 11.6 Å². The number of ether oxygens (including phenoxy) is 1. The normalized spacial score (nSPS) is 28.6. The standard InChI is InChI=1S/C8H8N2OS/c9-3-6-1-2-11-8(6)7-4-12-5-10-7/h4-6,8H,1-2H2. The number of thiazole rings is 1. The van der Waals surface area contributed by atoms with Gasteiger partial charge in [0.1, 0.15) is 6.10 Å². The minimum atomic E-state index is -0.0822. The molecule has 2 rings (SSSR count). The molecule has 0 amide bonds. The van der Waals surface area contributed by atoms with Crippen LogP contribution in [0.15, 0.2) is 10.9 Å². The van der Waals surface area contributed by atoms with Crippen LogP contribution < -0.4 is 0 Å². The summed E-state index contributed by atoms with van der Waals surface area (Å²) in [5, 5.41) is 10.7. The molecule has 0 aromatic carbocycles. The van der Waals surface area contributed by atoms with Crippen molar-refractivity contribution >= 4 is 11.3 Å². The Bertz CT molecular complexity index is 291. The van der Waals surface area contributed by atoms with Crippen LogP contribution in [0.5, 0.6) is 0 Å². The fraction of sp³-hybridized carbons (Fsp3) is 0.500. The van der Waals surface area contributed by atoms with E-state index in [9.17, 15) is 0 Å². The largest absolute Gasteiger partial charge is 0.370 e. The van der Waals surface area contributed by atoms with Crippen molar-refractivity contribution < 1.29 is 4.74 Å². The maximum Gasteiger partial charge on any atom is 0.116 e. The van der Waals surface area contributed by atoms with Crippen molar-refractivity contribution in [3.63, 3.8) is 0 Å². The van der Waals surface area contributed by atoms with Crippen molar-refractivity contribution in [2.45, 2.75) is 12.5 Å². The van der Waals surface area contributed by atoms with Crippen LogP contribution in [0, 0.1) is 17.2 Å². The van der Waals surface area contributed by atoms with E-state index >= 15 is 0 Å². The highest BCUT2D eigenvalue weighted by atomic mass is 32.1. The lowest BCUT2D eigenvalue weighted by Crippen LogP contribution is -2.05. The molecule has 1 saturated heterocycles. The van der Waals surface area contributed by atoms with Crippen molar-refractivity contribution in [2.75, 3.05) is 6.61 Å². The van der Waals surface area contributed by atoms with Crippen molar-refractivity contribution in [1.82, 2.24) is 4.98 Å². The molecule has 2 unspecified atom stereocenters. The lowest BCUT2D eigenvalue weighted by molar-refractivity contribution is 0.0978. The second-order valence-electron chi connectivity index (χ2n) is 2.73. The van der Waals surface area contributed by atoms with Gasteiger partial charge >= 0.3 is 0 Å². The highest BCUT2D eigenvalue weighted by Gasteiger charge is 2.30. The Hall–Kier alpha value is -0.920. The fourth-order valence-electron chi connectivity index (χ4n) is 1.38. The van der Waals surface area contributed by atoms with Crippen LogP contribution in [0.25, 0.3) is 0 Å². The first-order chi connectivity index (χ1) is 5.92. The summed E-state index contributed by atoms with van der Waals surface area (Å²) >= 11 is 1.54. The first kappa shape index (κ1) is 7.71. The molecular formula is C8H8N2OS. The lowest BCUT2D eigenvalue weighted by atomic mass is 10.0. The van der Waals surface area contributed by atoms with Crippen molar-refractivity contribution in [1.29, 1.82) is 5.26 Å². The minimum Gasteiger partial charge on any atom is -0.370 e. The van der Waals surface area contributed by atoms with E-state index in [0.717, 1.165) is 12.1 Å². The molecule has 12 heavy (non-hydrogen) atoms. The number of hydrogen-bond donors (Lipinski definition) is 0. The molecule has 2 atom stereocenters. The Labute approximate surface area is 74.6 Å². The molecule has 0 radical (unpaired) electrons. The van der Waals surface area contributed by atoms with Gasteiger partial charge in [0.2, 0.25) is 0 Å². The molecule has 0 N–H and O–H groups in total. The molecular weight excluding hydrogens is 172 g/mol. The van der Waals surface area contributed by atoms with E-state index in [0.29, 0.717) is 6.61 Å². The maximum absolute atomic E-state index is 8.78. The summed E-state index contributed by atoms with van der Waals surface area (Å²) in [6.45, 7) is 0.681. The summed E-state index contributed by atoms with van der Waals surface area (Å²) < 4.78 is 5.42. The predicted molar refractivity (Wildman–Crippen MR) is 44.5 cm³/mol. The van der Waals surface area contributed by atoms with Crippen LogP contribution in [0.3, 0.4) is 0 Å². The average molecular weight is 180 g/mol. The number of nitriles is 1. The SMILES string of the molecule is N#CC1CCOC1c1cscn1.